The number of benzene rings is 1. The average Bonchev–Trinajstić information content (AvgIpc) is 3.20. The lowest BCUT2D eigenvalue weighted by molar-refractivity contribution is -0.127. The summed E-state index contributed by atoms with van der Waals surface area (Å²) in [6.45, 7) is -0.363. The van der Waals surface area contributed by atoms with Crippen molar-refractivity contribution in [1.29, 1.82) is 0 Å². The Labute approximate surface area is 147 Å². The lowest BCUT2D eigenvalue weighted by Crippen LogP contribution is -2.38. The molecule has 0 aliphatic carbocycles. The molecule has 2 N–H and O–H groups in total. The Bertz CT molecular complexity index is 828. The minimum atomic E-state index is -0.613. The Morgan fingerprint density at radius 2 is 2.04 bits per heavy atom. The van der Waals surface area contributed by atoms with Gasteiger partial charge in [-0.25, -0.2) is 9.69 Å². The third-order valence-electron chi connectivity index (χ3n) is 3.47. The van der Waals surface area contributed by atoms with Gasteiger partial charge in [-0.15, -0.1) is 11.3 Å². The van der Waals surface area contributed by atoms with Gasteiger partial charge in [-0.05, 0) is 41.8 Å². The molecule has 2 aromatic rings. The van der Waals surface area contributed by atoms with Gasteiger partial charge in [0.15, 0.2) is 0 Å². The number of amides is 4. The van der Waals surface area contributed by atoms with Gasteiger partial charge in [0.1, 0.15) is 18.0 Å². The van der Waals surface area contributed by atoms with Crippen LogP contribution in [0.15, 0.2) is 47.5 Å². The van der Waals surface area contributed by atoms with Crippen molar-refractivity contribution in [3.63, 3.8) is 0 Å². The Morgan fingerprint density at radius 1 is 1.28 bits per heavy atom. The molecule has 0 atom stereocenters. The first-order valence-corrected chi connectivity index (χ1v) is 8.27. The number of nitrogens with one attached hydrogen (secondary N) is 2. The Hall–Kier alpha value is -3.13. The predicted molar refractivity (Wildman–Crippen MR) is 94.2 cm³/mol. The molecule has 0 spiro atoms. The van der Waals surface area contributed by atoms with Crippen LogP contribution in [0.4, 0.5) is 10.5 Å². The molecule has 0 unspecified atom stereocenters. The Kier molecular flexibility index (Phi) is 4.80. The van der Waals surface area contributed by atoms with Crippen molar-refractivity contribution in [2.45, 2.75) is 0 Å². The Balaban J connectivity index is 1.64. The van der Waals surface area contributed by atoms with Crippen molar-refractivity contribution >= 4 is 40.9 Å². The lowest BCUT2D eigenvalue weighted by atomic mass is 10.3. The summed E-state index contributed by atoms with van der Waals surface area (Å²) in [5, 5.41) is 6.99. The van der Waals surface area contributed by atoms with E-state index in [1.54, 1.807) is 37.5 Å². The molecule has 1 aromatic heterocycles. The van der Waals surface area contributed by atoms with E-state index in [1.165, 1.54) is 11.3 Å². The first-order valence-electron chi connectivity index (χ1n) is 7.39. The Morgan fingerprint density at radius 3 is 2.68 bits per heavy atom. The van der Waals surface area contributed by atoms with Crippen LogP contribution in [0.2, 0.25) is 0 Å². The van der Waals surface area contributed by atoms with E-state index < -0.39 is 17.8 Å². The van der Waals surface area contributed by atoms with Crippen LogP contribution in [0, 0.1) is 0 Å². The number of methoxy groups -OCH3 is 1. The highest BCUT2D eigenvalue weighted by molar-refractivity contribution is 7.10. The number of carbonyl (C=O) groups is 3. The molecule has 1 aliphatic heterocycles. The highest BCUT2D eigenvalue weighted by atomic mass is 32.1. The highest BCUT2D eigenvalue weighted by Crippen LogP contribution is 2.18. The van der Waals surface area contributed by atoms with E-state index in [9.17, 15) is 14.4 Å². The van der Waals surface area contributed by atoms with E-state index in [-0.39, 0.29) is 12.2 Å². The van der Waals surface area contributed by atoms with Crippen molar-refractivity contribution in [3.8, 4) is 5.75 Å². The van der Waals surface area contributed by atoms with Crippen LogP contribution < -0.4 is 15.4 Å². The molecular weight excluding hydrogens is 342 g/mol. The van der Waals surface area contributed by atoms with Crippen LogP contribution >= 0.6 is 11.3 Å². The zero-order valence-electron chi connectivity index (χ0n) is 13.3. The summed E-state index contributed by atoms with van der Waals surface area (Å²) < 4.78 is 5.04. The van der Waals surface area contributed by atoms with Gasteiger partial charge in [0, 0.05) is 10.6 Å². The summed E-state index contributed by atoms with van der Waals surface area (Å²) in [4.78, 5) is 38.1. The summed E-state index contributed by atoms with van der Waals surface area (Å²) >= 11 is 1.44. The van der Waals surface area contributed by atoms with Crippen LogP contribution in [-0.4, -0.2) is 36.4 Å². The van der Waals surface area contributed by atoms with Crippen LogP contribution in [0.1, 0.15) is 4.88 Å². The van der Waals surface area contributed by atoms with E-state index in [2.05, 4.69) is 10.6 Å². The maximum absolute atomic E-state index is 12.3. The predicted octanol–water partition coefficient (Wildman–Crippen LogP) is 2.29. The van der Waals surface area contributed by atoms with Crippen molar-refractivity contribution in [1.82, 2.24) is 10.2 Å². The number of carbonyl (C=O) groups excluding carboxylic acids is 3. The van der Waals surface area contributed by atoms with Gasteiger partial charge >= 0.3 is 6.03 Å². The summed E-state index contributed by atoms with van der Waals surface area (Å²) in [5.41, 5.74) is 0.705. The zero-order chi connectivity index (χ0) is 17.8. The van der Waals surface area contributed by atoms with Crippen LogP contribution in [0.25, 0.3) is 6.08 Å². The van der Waals surface area contributed by atoms with Gasteiger partial charge in [-0.2, -0.15) is 0 Å². The molecule has 1 fully saturated rings. The maximum atomic E-state index is 12.3. The molecule has 4 amide bonds. The number of anilines is 1. The van der Waals surface area contributed by atoms with Gasteiger partial charge in [0.25, 0.3) is 5.91 Å². The molecule has 2 heterocycles. The SMILES string of the molecule is COc1ccc(NC(=O)CN2C(=O)N/C(=C/c3cccs3)C2=O)cc1. The molecule has 3 rings (SSSR count). The summed E-state index contributed by atoms with van der Waals surface area (Å²) in [6, 6.07) is 9.80. The highest BCUT2D eigenvalue weighted by Gasteiger charge is 2.34. The van der Waals surface area contributed by atoms with E-state index >= 15 is 0 Å². The molecule has 1 aromatic carbocycles. The molecule has 7 nitrogen and oxygen atoms in total. The molecule has 25 heavy (non-hydrogen) atoms. The molecule has 1 aliphatic rings. The molecular formula is C17H15N3O4S. The quantitative estimate of drug-likeness (QED) is 0.635. The number of ether oxygens (including phenoxy) is 1. The smallest absolute Gasteiger partial charge is 0.329 e. The maximum Gasteiger partial charge on any atom is 0.329 e. The summed E-state index contributed by atoms with van der Waals surface area (Å²) in [5.74, 6) is -0.329. The second-order valence-electron chi connectivity index (χ2n) is 5.17. The largest absolute Gasteiger partial charge is 0.497 e. The van der Waals surface area contributed by atoms with Crippen LogP contribution in [0.3, 0.4) is 0 Å². The average molecular weight is 357 g/mol. The minimum Gasteiger partial charge on any atom is -0.497 e. The normalized spacial score (nSPS) is 15.4. The van der Waals surface area contributed by atoms with E-state index in [4.69, 9.17) is 4.74 Å². The molecule has 1 saturated heterocycles. The van der Waals surface area contributed by atoms with E-state index in [0.717, 1.165) is 9.78 Å². The third kappa shape index (κ3) is 3.86. The van der Waals surface area contributed by atoms with Crippen molar-refractivity contribution in [2.24, 2.45) is 0 Å². The minimum absolute atomic E-state index is 0.157. The molecule has 8 heteroatoms. The zero-order valence-corrected chi connectivity index (χ0v) is 14.1. The fraction of sp³-hybridized carbons (Fsp3) is 0.118. The molecule has 128 valence electrons. The lowest BCUT2D eigenvalue weighted by Gasteiger charge is -2.12. The van der Waals surface area contributed by atoms with Gasteiger partial charge < -0.3 is 15.4 Å². The topological polar surface area (TPSA) is 87.7 Å². The van der Waals surface area contributed by atoms with E-state index in [1.807, 2.05) is 17.5 Å². The second-order valence-corrected chi connectivity index (χ2v) is 6.15. The van der Waals surface area contributed by atoms with Crippen LogP contribution in [0.5, 0.6) is 5.75 Å². The van der Waals surface area contributed by atoms with Crippen LogP contribution in [-0.2, 0) is 9.59 Å². The number of nitrogens with zero attached hydrogens (tertiary/aromatic N) is 1. The summed E-state index contributed by atoms with van der Waals surface area (Å²) in [7, 11) is 1.55. The van der Waals surface area contributed by atoms with Crippen molar-refractivity contribution in [2.75, 3.05) is 19.0 Å². The van der Waals surface area contributed by atoms with Gasteiger partial charge in [-0.1, -0.05) is 6.07 Å². The fourth-order valence-corrected chi connectivity index (χ4v) is 2.91. The number of rotatable bonds is 5. The van der Waals surface area contributed by atoms with Crippen molar-refractivity contribution < 1.29 is 19.1 Å². The first kappa shape index (κ1) is 16.7. The van der Waals surface area contributed by atoms with Crippen molar-refractivity contribution in [3.05, 3.63) is 52.4 Å². The third-order valence-corrected chi connectivity index (χ3v) is 4.29. The molecule has 0 radical (unpaired) electrons. The van der Waals surface area contributed by atoms with Gasteiger partial charge in [0.2, 0.25) is 5.91 Å². The monoisotopic (exact) mass is 357 g/mol. The van der Waals surface area contributed by atoms with E-state index in [0.29, 0.717) is 11.4 Å². The van der Waals surface area contributed by atoms with Gasteiger partial charge in [0.05, 0.1) is 7.11 Å². The fourth-order valence-electron chi connectivity index (χ4n) is 2.25. The second kappa shape index (κ2) is 7.18. The standard InChI is InChI=1S/C17H15N3O4S/c1-24-12-6-4-11(5-7-12)18-15(21)10-20-16(22)14(19-17(20)23)9-13-3-2-8-25-13/h2-9H,10H2,1H3,(H,18,21)(H,19,23)/b14-9+. The summed E-state index contributed by atoms with van der Waals surface area (Å²) in [6.07, 6.45) is 1.59. The number of thiophene rings is 1. The number of urea groups is 1. The number of hydrogen-bond donors (Lipinski definition) is 2. The molecule has 0 saturated carbocycles. The number of hydrogen-bond acceptors (Lipinski definition) is 5. The number of imide groups is 1. The molecule has 0 bridgehead atoms. The first-order chi connectivity index (χ1) is 12.1. The van der Waals surface area contributed by atoms with Gasteiger partial charge in [-0.3, -0.25) is 9.59 Å².